The SMILES string of the molecule is CCNC(=O)C1CC(CC2CC2)CCN1. The Morgan fingerprint density at radius 2 is 2.13 bits per heavy atom. The average molecular weight is 210 g/mol. The summed E-state index contributed by atoms with van der Waals surface area (Å²) in [4.78, 5) is 11.7. The summed E-state index contributed by atoms with van der Waals surface area (Å²) < 4.78 is 0. The van der Waals surface area contributed by atoms with Gasteiger partial charge in [0.1, 0.15) is 0 Å². The van der Waals surface area contributed by atoms with Crippen molar-refractivity contribution in [3.63, 3.8) is 0 Å². The van der Waals surface area contributed by atoms with Crippen molar-refractivity contribution in [1.29, 1.82) is 0 Å². The molecule has 1 aliphatic heterocycles. The fourth-order valence-electron chi connectivity index (χ4n) is 2.53. The number of piperidine rings is 1. The van der Waals surface area contributed by atoms with Crippen LogP contribution in [0.4, 0.5) is 0 Å². The fourth-order valence-corrected chi connectivity index (χ4v) is 2.53. The number of likely N-dealkylation sites (N-methyl/N-ethyl adjacent to an activating group) is 1. The zero-order valence-corrected chi connectivity index (χ0v) is 9.59. The molecule has 0 aromatic rings. The molecule has 0 radical (unpaired) electrons. The third kappa shape index (κ3) is 3.20. The summed E-state index contributed by atoms with van der Waals surface area (Å²) in [7, 11) is 0. The molecule has 1 aliphatic carbocycles. The molecule has 0 aromatic carbocycles. The minimum atomic E-state index is 0.0717. The zero-order valence-electron chi connectivity index (χ0n) is 9.59. The second-order valence-corrected chi connectivity index (χ2v) is 4.97. The highest BCUT2D eigenvalue weighted by molar-refractivity contribution is 5.81. The van der Waals surface area contributed by atoms with Crippen molar-refractivity contribution in [2.45, 2.75) is 45.1 Å². The lowest BCUT2D eigenvalue weighted by Crippen LogP contribution is -2.48. The largest absolute Gasteiger partial charge is 0.355 e. The Kier molecular flexibility index (Phi) is 3.62. The maximum absolute atomic E-state index is 11.7. The lowest BCUT2D eigenvalue weighted by molar-refractivity contribution is -0.124. The van der Waals surface area contributed by atoms with Gasteiger partial charge in [-0.15, -0.1) is 0 Å². The lowest BCUT2D eigenvalue weighted by atomic mass is 9.88. The molecule has 0 aromatic heterocycles. The molecule has 0 spiro atoms. The topological polar surface area (TPSA) is 41.1 Å². The Morgan fingerprint density at radius 1 is 1.33 bits per heavy atom. The van der Waals surface area contributed by atoms with Gasteiger partial charge < -0.3 is 10.6 Å². The molecule has 1 saturated heterocycles. The van der Waals surface area contributed by atoms with Crippen LogP contribution in [-0.4, -0.2) is 25.0 Å². The van der Waals surface area contributed by atoms with Gasteiger partial charge in [-0.2, -0.15) is 0 Å². The number of carbonyl (C=O) groups excluding carboxylic acids is 1. The maximum atomic E-state index is 11.7. The van der Waals surface area contributed by atoms with Crippen molar-refractivity contribution in [2.75, 3.05) is 13.1 Å². The van der Waals surface area contributed by atoms with Crippen molar-refractivity contribution in [3.8, 4) is 0 Å². The molecular formula is C12H22N2O. The van der Waals surface area contributed by atoms with E-state index in [1.807, 2.05) is 6.92 Å². The van der Waals surface area contributed by atoms with Gasteiger partial charge in [0, 0.05) is 6.54 Å². The van der Waals surface area contributed by atoms with Gasteiger partial charge in [-0.25, -0.2) is 0 Å². The van der Waals surface area contributed by atoms with Crippen molar-refractivity contribution in [3.05, 3.63) is 0 Å². The van der Waals surface area contributed by atoms with Crippen molar-refractivity contribution < 1.29 is 4.79 Å². The lowest BCUT2D eigenvalue weighted by Gasteiger charge is -2.29. The smallest absolute Gasteiger partial charge is 0.237 e. The number of hydrogen-bond acceptors (Lipinski definition) is 2. The molecule has 2 N–H and O–H groups in total. The van der Waals surface area contributed by atoms with Gasteiger partial charge in [0.05, 0.1) is 6.04 Å². The van der Waals surface area contributed by atoms with E-state index in [0.29, 0.717) is 0 Å². The van der Waals surface area contributed by atoms with Gasteiger partial charge >= 0.3 is 0 Å². The molecule has 0 bridgehead atoms. The van der Waals surface area contributed by atoms with Gasteiger partial charge in [0.25, 0.3) is 0 Å². The monoisotopic (exact) mass is 210 g/mol. The van der Waals surface area contributed by atoms with Crippen LogP contribution in [0.3, 0.4) is 0 Å². The summed E-state index contributed by atoms with van der Waals surface area (Å²) in [6.07, 6.45) is 6.51. The third-order valence-corrected chi connectivity index (χ3v) is 3.54. The van der Waals surface area contributed by atoms with E-state index in [1.165, 1.54) is 25.7 Å². The normalized spacial score (nSPS) is 31.3. The van der Waals surface area contributed by atoms with Crippen LogP contribution < -0.4 is 10.6 Å². The van der Waals surface area contributed by atoms with Crippen LogP contribution >= 0.6 is 0 Å². The molecule has 3 heteroatoms. The van der Waals surface area contributed by atoms with E-state index in [1.54, 1.807) is 0 Å². The Balaban J connectivity index is 1.77. The van der Waals surface area contributed by atoms with E-state index in [0.717, 1.165) is 31.3 Å². The first-order valence-corrected chi connectivity index (χ1v) is 6.30. The summed E-state index contributed by atoms with van der Waals surface area (Å²) in [6, 6.07) is 0.0717. The predicted molar refractivity (Wildman–Crippen MR) is 60.5 cm³/mol. The van der Waals surface area contributed by atoms with E-state index in [9.17, 15) is 4.79 Å². The first-order chi connectivity index (χ1) is 7.29. The fraction of sp³-hybridized carbons (Fsp3) is 0.917. The minimum absolute atomic E-state index is 0.0717. The Hall–Kier alpha value is -0.570. The van der Waals surface area contributed by atoms with Crippen LogP contribution in [0.2, 0.25) is 0 Å². The van der Waals surface area contributed by atoms with Gasteiger partial charge in [-0.3, -0.25) is 4.79 Å². The standard InChI is InChI=1S/C12H22N2O/c1-2-13-12(15)11-8-10(5-6-14-11)7-9-3-4-9/h9-11,14H,2-8H2,1H3,(H,13,15). The van der Waals surface area contributed by atoms with Gasteiger partial charge in [-0.05, 0) is 44.6 Å². The Labute approximate surface area is 92.0 Å². The molecule has 2 atom stereocenters. The van der Waals surface area contributed by atoms with Crippen LogP contribution in [0.15, 0.2) is 0 Å². The first-order valence-electron chi connectivity index (χ1n) is 6.30. The highest BCUT2D eigenvalue weighted by Crippen LogP contribution is 2.38. The Morgan fingerprint density at radius 3 is 2.80 bits per heavy atom. The molecular weight excluding hydrogens is 188 g/mol. The molecule has 1 saturated carbocycles. The second-order valence-electron chi connectivity index (χ2n) is 4.97. The number of hydrogen-bond donors (Lipinski definition) is 2. The molecule has 2 unspecified atom stereocenters. The number of amides is 1. The zero-order chi connectivity index (χ0) is 10.7. The Bertz CT molecular complexity index is 226. The molecule has 2 rings (SSSR count). The molecule has 3 nitrogen and oxygen atoms in total. The van der Waals surface area contributed by atoms with Crippen LogP contribution in [-0.2, 0) is 4.79 Å². The van der Waals surface area contributed by atoms with Gasteiger partial charge in [0.15, 0.2) is 0 Å². The summed E-state index contributed by atoms with van der Waals surface area (Å²) in [5, 5.41) is 6.22. The minimum Gasteiger partial charge on any atom is -0.355 e. The molecule has 2 fully saturated rings. The predicted octanol–water partition coefficient (Wildman–Crippen LogP) is 1.29. The summed E-state index contributed by atoms with van der Waals surface area (Å²) >= 11 is 0. The van der Waals surface area contributed by atoms with Crippen LogP contribution in [0, 0.1) is 11.8 Å². The molecule has 86 valence electrons. The maximum Gasteiger partial charge on any atom is 0.237 e. The van der Waals surface area contributed by atoms with Crippen molar-refractivity contribution in [2.24, 2.45) is 11.8 Å². The molecule has 1 heterocycles. The molecule has 2 aliphatic rings. The molecule has 15 heavy (non-hydrogen) atoms. The van der Waals surface area contributed by atoms with E-state index < -0.39 is 0 Å². The first kappa shape index (κ1) is 10.9. The highest BCUT2D eigenvalue weighted by atomic mass is 16.2. The highest BCUT2D eigenvalue weighted by Gasteiger charge is 2.31. The summed E-state index contributed by atoms with van der Waals surface area (Å²) in [5.74, 6) is 1.97. The number of carbonyl (C=O) groups is 1. The van der Waals surface area contributed by atoms with Crippen molar-refractivity contribution >= 4 is 5.91 Å². The quantitative estimate of drug-likeness (QED) is 0.734. The van der Waals surface area contributed by atoms with Crippen LogP contribution in [0.25, 0.3) is 0 Å². The van der Waals surface area contributed by atoms with E-state index in [4.69, 9.17) is 0 Å². The molecule has 1 amide bonds. The van der Waals surface area contributed by atoms with Gasteiger partial charge in [-0.1, -0.05) is 12.8 Å². The average Bonchev–Trinajstić information content (AvgIpc) is 3.03. The summed E-state index contributed by atoms with van der Waals surface area (Å²) in [5.41, 5.74) is 0. The van der Waals surface area contributed by atoms with Crippen LogP contribution in [0.1, 0.15) is 39.0 Å². The third-order valence-electron chi connectivity index (χ3n) is 3.54. The second kappa shape index (κ2) is 4.97. The summed E-state index contributed by atoms with van der Waals surface area (Å²) in [6.45, 7) is 3.73. The van der Waals surface area contributed by atoms with E-state index in [2.05, 4.69) is 10.6 Å². The van der Waals surface area contributed by atoms with Crippen molar-refractivity contribution in [1.82, 2.24) is 10.6 Å². The van der Waals surface area contributed by atoms with E-state index >= 15 is 0 Å². The van der Waals surface area contributed by atoms with E-state index in [-0.39, 0.29) is 11.9 Å². The number of rotatable bonds is 4. The number of nitrogens with one attached hydrogen (secondary N) is 2. The van der Waals surface area contributed by atoms with Crippen LogP contribution in [0.5, 0.6) is 0 Å². The van der Waals surface area contributed by atoms with Gasteiger partial charge in [0.2, 0.25) is 5.91 Å².